The monoisotopic (exact) mass is 506 g/mol. The Morgan fingerprint density at radius 1 is 0.865 bits per heavy atom. The zero-order valence-electron chi connectivity index (χ0n) is 18.8. The maximum atomic E-state index is 12.4. The zero-order valence-corrected chi connectivity index (χ0v) is 18.8. The van der Waals surface area contributed by atoms with Crippen LogP contribution in [0.5, 0.6) is 17.2 Å². The number of H-pyrrole nitrogens is 1. The highest BCUT2D eigenvalue weighted by Gasteiger charge is 2.31. The Balaban J connectivity index is 1.26. The number of fused-ring (bicyclic) bond motifs is 1. The summed E-state index contributed by atoms with van der Waals surface area (Å²) in [5.74, 6) is 0.624. The van der Waals surface area contributed by atoms with Crippen LogP contribution < -0.4 is 20.1 Å². The Hall–Kier alpha value is -5.13. The summed E-state index contributed by atoms with van der Waals surface area (Å²) in [5, 5.41) is 12.7. The first-order valence-corrected chi connectivity index (χ1v) is 10.8. The Morgan fingerprint density at radius 2 is 1.65 bits per heavy atom. The molecule has 0 unspecified atom stereocenters. The van der Waals surface area contributed by atoms with Crippen molar-refractivity contribution < 1.29 is 27.4 Å². The van der Waals surface area contributed by atoms with Crippen molar-refractivity contribution in [3.8, 4) is 28.5 Å². The van der Waals surface area contributed by atoms with Crippen LogP contribution in [-0.4, -0.2) is 32.6 Å². The second-order valence-electron chi connectivity index (χ2n) is 7.63. The second kappa shape index (κ2) is 9.85. The first-order chi connectivity index (χ1) is 17.8. The molecule has 3 aromatic carbocycles. The van der Waals surface area contributed by atoms with Gasteiger partial charge in [-0.15, -0.1) is 13.2 Å². The van der Waals surface area contributed by atoms with Crippen molar-refractivity contribution in [2.75, 3.05) is 10.6 Å². The lowest BCUT2D eigenvalue weighted by Gasteiger charge is -2.13. The summed E-state index contributed by atoms with van der Waals surface area (Å²) in [6.45, 7) is 0. The molecule has 0 radical (unpaired) electrons. The van der Waals surface area contributed by atoms with Gasteiger partial charge in [0.25, 0.3) is 0 Å². The van der Waals surface area contributed by atoms with E-state index < -0.39 is 18.1 Å². The average molecular weight is 506 g/mol. The molecule has 0 fully saturated rings. The van der Waals surface area contributed by atoms with Crippen molar-refractivity contribution in [3.05, 3.63) is 85.3 Å². The number of halogens is 3. The number of ether oxygens (including phenoxy) is 2. The average Bonchev–Trinajstić information content (AvgIpc) is 3.34. The standard InChI is InChI=1S/C25H17F3N6O3/c26-25(27,28)37-18-5-3-4-16(12-18)33-24(35)32-15-8-10-17(11-9-15)36-21-7-2-1-6-19(21)22-20-13-31-34-23(20)30-14-29-22/h1-14H,(H2,32,33,35)(H,29,30,31,34). The van der Waals surface area contributed by atoms with E-state index in [0.717, 1.165) is 23.1 Å². The van der Waals surface area contributed by atoms with E-state index in [1.54, 1.807) is 36.5 Å². The molecule has 5 rings (SSSR count). The van der Waals surface area contributed by atoms with Crippen LogP contribution >= 0.6 is 0 Å². The summed E-state index contributed by atoms with van der Waals surface area (Å²) >= 11 is 0. The zero-order chi connectivity index (χ0) is 25.8. The number of anilines is 2. The normalized spacial score (nSPS) is 11.2. The number of nitrogens with one attached hydrogen (secondary N) is 3. The topological polar surface area (TPSA) is 114 Å². The van der Waals surface area contributed by atoms with E-state index in [1.807, 2.05) is 18.2 Å². The predicted molar refractivity (Wildman–Crippen MR) is 129 cm³/mol. The van der Waals surface area contributed by atoms with Crippen molar-refractivity contribution in [1.29, 1.82) is 0 Å². The molecule has 0 aliphatic carbocycles. The van der Waals surface area contributed by atoms with E-state index in [2.05, 4.69) is 35.5 Å². The third kappa shape index (κ3) is 5.75. The number of para-hydroxylation sites is 1. The number of alkyl halides is 3. The number of hydrogen-bond donors (Lipinski definition) is 3. The maximum Gasteiger partial charge on any atom is 0.573 e. The van der Waals surface area contributed by atoms with Crippen LogP contribution in [0.25, 0.3) is 22.3 Å². The minimum Gasteiger partial charge on any atom is -0.457 e. The van der Waals surface area contributed by atoms with Crippen molar-refractivity contribution in [1.82, 2.24) is 20.2 Å². The summed E-state index contributed by atoms with van der Waals surface area (Å²) in [6, 6.07) is 18.3. The number of benzene rings is 3. The van der Waals surface area contributed by atoms with Crippen LogP contribution in [0.15, 0.2) is 85.3 Å². The molecule has 37 heavy (non-hydrogen) atoms. The molecule has 12 heteroatoms. The van der Waals surface area contributed by atoms with Gasteiger partial charge in [-0.25, -0.2) is 14.8 Å². The van der Waals surface area contributed by atoms with E-state index in [4.69, 9.17) is 4.74 Å². The van der Waals surface area contributed by atoms with Crippen LogP contribution in [0.3, 0.4) is 0 Å². The highest BCUT2D eigenvalue weighted by molar-refractivity contribution is 5.99. The van der Waals surface area contributed by atoms with E-state index >= 15 is 0 Å². The number of hydrogen-bond acceptors (Lipinski definition) is 6. The Labute approximate surface area is 207 Å². The first-order valence-electron chi connectivity index (χ1n) is 10.8. The molecule has 9 nitrogen and oxygen atoms in total. The fourth-order valence-corrected chi connectivity index (χ4v) is 3.53. The minimum absolute atomic E-state index is 0.132. The number of nitrogens with zero attached hydrogens (tertiary/aromatic N) is 3. The van der Waals surface area contributed by atoms with Crippen LogP contribution in [0.1, 0.15) is 0 Å². The van der Waals surface area contributed by atoms with Gasteiger partial charge in [0.2, 0.25) is 0 Å². The fraction of sp³-hybridized carbons (Fsp3) is 0.0400. The fourth-order valence-electron chi connectivity index (χ4n) is 3.53. The number of urea groups is 1. The molecule has 0 saturated carbocycles. The van der Waals surface area contributed by atoms with Crippen molar-refractivity contribution in [3.63, 3.8) is 0 Å². The summed E-state index contributed by atoms with van der Waals surface area (Å²) in [6.07, 6.45) is -1.74. The van der Waals surface area contributed by atoms with Gasteiger partial charge in [-0.1, -0.05) is 18.2 Å². The minimum atomic E-state index is -4.83. The SMILES string of the molecule is O=C(Nc1ccc(Oc2ccccc2-c2ncnc3[nH]ncc23)cc1)Nc1cccc(OC(F)(F)F)c1. The lowest BCUT2D eigenvalue weighted by molar-refractivity contribution is -0.274. The summed E-state index contributed by atoms with van der Waals surface area (Å²) in [4.78, 5) is 20.8. The molecule has 0 saturated heterocycles. The smallest absolute Gasteiger partial charge is 0.457 e. The second-order valence-corrected chi connectivity index (χ2v) is 7.63. The van der Waals surface area contributed by atoms with Crippen LogP contribution in [0.4, 0.5) is 29.3 Å². The molecule has 2 heterocycles. The van der Waals surface area contributed by atoms with Gasteiger partial charge < -0.3 is 20.1 Å². The Bertz CT molecular complexity index is 1550. The summed E-state index contributed by atoms with van der Waals surface area (Å²) in [7, 11) is 0. The molecule has 0 atom stereocenters. The number of rotatable bonds is 6. The van der Waals surface area contributed by atoms with Crippen LogP contribution in [0.2, 0.25) is 0 Å². The highest BCUT2D eigenvalue weighted by Crippen LogP contribution is 2.35. The Kier molecular flexibility index (Phi) is 6.29. The van der Waals surface area contributed by atoms with Gasteiger partial charge >= 0.3 is 12.4 Å². The van der Waals surface area contributed by atoms with Gasteiger partial charge in [-0.2, -0.15) is 5.10 Å². The molecule has 2 amide bonds. The van der Waals surface area contributed by atoms with Crippen LogP contribution in [-0.2, 0) is 0 Å². The van der Waals surface area contributed by atoms with Crippen molar-refractivity contribution in [2.45, 2.75) is 6.36 Å². The van der Waals surface area contributed by atoms with E-state index in [-0.39, 0.29) is 5.69 Å². The molecule has 0 bridgehead atoms. The van der Waals surface area contributed by atoms with Gasteiger partial charge in [-0.05, 0) is 48.5 Å². The van der Waals surface area contributed by atoms with Gasteiger partial charge in [-0.3, -0.25) is 5.10 Å². The van der Waals surface area contributed by atoms with E-state index in [9.17, 15) is 18.0 Å². The number of carbonyl (C=O) groups excluding carboxylic acids is 1. The molecule has 3 N–H and O–H groups in total. The third-order valence-electron chi connectivity index (χ3n) is 5.06. The van der Waals surface area contributed by atoms with Gasteiger partial charge in [0.1, 0.15) is 23.6 Å². The molecule has 186 valence electrons. The van der Waals surface area contributed by atoms with Crippen molar-refractivity contribution in [2.24, 2.45) is 0 Å². The van der Waals surface area contributed by atoms with Gasteiger partial charge in [0, 0.05) is 23.0 Å². The van der Waals surface area contributed by atoms with Gasteiger partial charge in [0.15, 0.2) is 5.65 Å². The molecule has 0 spiro atoms. The number of aromatic amines is 1. The maximum absolute atomic E-state index is 12.4. The van der Waals surface area contributed by atoms with E-state index in [0.29, 0.717) is 28.5 Å². The Morgan fingerprint density at radius 3 is 2.46 bits per heavy atom. The molecular weight excluding hydrogens is 489 g/mol. The molecule has 5 aromatic rings. The van der Waals surface area contributed by atoms with Crippen LogP contribution in [0, 0.1) is 0 Å². The van der Waals surface area contributed by atoms with E-state index in [1.165, 1.54) is 18.5 Å². The largest absolute Gasteiger partial charge is 0.573 e. The lowest BCUT2D eigenvalue weighted by atomic mass is 10.1. The number of carbonyl (C=O) groups is 1. The summed E-state index contributed by atoms with van der Waals surface area (Å²) < 4.78 is 47.2. The quantitative estimate of drug-likeness (QED) is 0.247. The molecular formula is C25H17F3N6O3. The summed E-state index contributed by atoms with van der Waals surface area (Å²) in [5.41, 5.74) is 2.58. The van der Waals surface area contributed by atoms with Crippen molar-refractivity contribution >= 4 is 28.4 Å². The first kappa shape index (κ1) is 23.6. The number of amides is 2. The van der Waals surface area contributed by atoms with Gasteiger partial charge in [0.05, 0.1) is 17.3 Å². The predicted octanol–water partition coefficient (Wildman–Crippen LogP) is 6.35. The molecule has 0 aliphatic heterocycles. The highest BCUT2D eigenvalue weighted by atomic mass is 19.4. The molecule has 2 aromatic heterocycles. The third-order valence-corrected chi connectivity index (χ3v) is 5.06. The number of aromatic nitrogens is 4. The lowest BCUT2D eigenvalue weighted by Crippen LogP contribution is -2.20. The molecule has 0 aliphatic rings.